The first-order valence-electron chi connectivity index (χ1n) is 6.69. The number of aromatic nitrogens is 3. The van der Waals surface area contributed by atoms with Crippen LogP contribution in [0.3, 0.4) is 0 Å². The molecule has 0 aliphatic heterocycles. The van der Waals surface area contributed by atoms with Gasteiger partial charge in [0.05, 0.1) is 17.6 Å². The van der Waals surface area contributed by atoms with Crippen molar-refractivity contribution < 1.29 is 8.94 Å². The topological polar surface area (TPSA) is 64.6 Å². The fourth-order valence-corrected chi connectivity index (χ4v) is 2.85. The van der Waals surface area contributed by atoms with Gasteiger partial charge >= 0.3 is 0 Å². The zero-order chi connectivity index (χ0) is 15.5. The van der Waals surface area contributed by atoms with Gasteiger partial charge in [0.25, 0.3) is 0 Å². The van der Waals surface area contributed by atoms with Crippen molar-refractivity contribution in [2.24, 2.45) is 0 Å². The van der Waals surface area contributed by atoms with Crippen molar-refractivity contribution in [1.29, 1.82) is 0 Å². The molecule has 1 atom stereocenters. The van der Waals surface area contributed by atoms with Gasteiger partial charge in [-0.1, -0.05) is 23.3 Å². The Morgan fingerprint density at radius 3 is 2.65 bits per heavy atom. The van der Waals surface area contributed by atoms with Crippen LogP contribution in [0.2, 0.25) is 0 Å². The fourth-order valence-electron chi connectivity index (χ4n) is 2.23. The lowest BCUT2D eigenvalue weighted by atomic mass is 10.2. The van der Waals surface area contributed by atoms with Crippen LogP contribution >= 0.6 is 12.4 Å². The van der Waals surface area contributed by atoms with Crippen molar-refractivity contribution in [2.45, 2.75) is 5.75 Å². The van der Waals surface area contributed by atoms with E-state index in [4.69, 9.17) is 0 Å². The van der Waals surface area contributed by atoms with E-state index in [0.717, 1.165) is 11.3 Å². The van der Waals surface area contributed by atoms with Gasteiger partial charge in [0.2, 0.25) is 0 Å². The largest absolute Gasteiger partial charge is 0.616 e. The van der Waals surface area contributed by atoms with Crippen LogP contribution in [0.25, 0.3) is 22.6 Å². The standard InChI is InChI=1S/C16H14FN3OS.ClH/c1-22(21)10-14-15(12-5-3-7-18-9-12)20-16(19-14)11-4-2-6-13(17)8-11;/h2-9H,10H2,1H3,(H,19,20);1H. The third kappa shape index (κ3) is 4.10. The number of nitrogens with one attached hydrogen (secondary N) is 1. The molecule has 1 aromatic carbocycles. The minimum Gasteiger partial charge on any atom is -0.616 e. The third-order valence-corrected chi connectivity index (χ3v) is 3.85. The second-order valence-corrected chi connectivity index (χ2v) is 6.32. The predicted molar refractivity (Wildman–Crippen MR) is 92.2 cm³/mol. The molecule has 0 spiro atoms. The van der Waals surface area contributed by atoms with Gasteiger partial charge in [0.1, 0.15) is 17.4 Å². The van der Waals surface area contributed by atoms with Crippen LogP contribution in [0.4, 0.5) is 4.39 Å². The summed E-state index contributed by atoms with van der Waals surface area (Å²) in [5.41, 5.74) is 2.94. The van der Waals surface area contributed by atoms with E-state index in [-0.39, 0.29) is 18.2 Å². The lowest BCUT2D eigenvalue weighted by Crippen LogP contribution is -2.02. The van der Waals surface area contributed by atoms with Gasteiger partial charge in [-0.2, -0.15) is 0 Å². The highest BCUT2D eigenvalue weighted by atomic mass is 35.5. The minimum absolute atomic E-state index is 0. The highest BCUT2D eigenvalue weighted by Crippen LogP contribution is 2.27. The number of nitrogens with zero attached hydrogens (tertiary/aromatic N) is 2. The molecule has 4 nitrogen and oxygen atoms in total. The van der Waals surface area contributed by atoms with Gasteiger partial charge < -0.3 is 9.54 Å². The van der Waals surface area contributed by atoms with Crippen molar-refractivity contribution >= 4 is 23.6 Å². The molecule has 3 aromatic rings. The molecule has 2 aromatic heterocycles. The van der Waals surface area contributed by atoms with Crippen LogP contribution in [0, 0.1) is 5.82 Å². The summed E-state index contributed by atoms with van der Waals surface area (Å²) in [6.07, 6.45) is 5.02. The van der Waals surface area contributed by atoms with E-state index in [0.29, 0.717) is 22.8 Å². The Balaban J connectivity index is 0.00000192. The maximum absolute atomic E-state index is 13.4. The molecule has 0 saturated heterocycles. The van der Waals surface area contributed by atoms with Crippen molar-refractivity contribution in [3.8, 4) is 22.6 Å². The van der Waals surface area contributed by atoms with E-state index in [1.54, 1.807) is 30.8 Å². The summed E-state index contributed by atoms with van der Waals surface area (Å²) in [6, 6.07) is 9.92. The Hall–Kier alpha value is -1.89. The number of benzene rings is 1. The van der Waals surface area contributed by atoms with Crippen molar-refractivity contribution in [3.63, 3.8) is 0 Å². The number of imidazole rings is 1. The van der Waals surface area contributed by atoms with E-state index >= 15 is 0 Å². The number of hydrogen-bond acceptors (Lipinski definition) is 3. The highest BCUT2D eigenvalue weighted by molar-refractivity contribution is 7.89. The zero-order valence-electron chi connectivity index (χ0n) is 12.3. The molecule has 7 heteroatoms. The molecule has 1 N–H and O–H groups in total. The quantitative estimate of drug-likeness (QED) is 0.731. The SMILES string of the molecule is C[S+]([O-])Cc1[nH]c(-c2cccc(F)c2)nc1-c1cccnc1.Cl. The van der Waals surface area contributed by atoms with Crippen LogP contribution in [-0.4, -0.2) is 25.8 Å². The first-order valence-corrected chi connectivity index (χ1v) is 8.41. The second-order valence-electron chi connectivity index (χ2n) is 4.88. The average Bonchev–Trinajstić information content (AvgIpc) is 2.91. The number of halogens is 2. The number of aromatic amines is 1. The smallest absolute Gasteiger partial charge is 0.147 e. The molecule has 3 rings (SSSR count). The van der Waals surface area contributed by atoms with Gasteiger partial charge in [0.15, 0.2) is 0 Å². The van der Waals surface area contributed by atoms with Crippen LogP contribution in [0.1, 0.15) is 5.69 Å². The maximum Gasteiger partial charge on any atom is 0.147 e. The van der Waals surface area contributed by atoms with E-state index < -0.39 is 11.2 Å². The Labute approximate surface area is 142 Å². The molecule has 1 unspecified atom stereocenters. The van der Waals surface area contributed by atoms with Gasteiger partial charge in [-0.05, 0) is 24.3 Å². The number of rotatable bonds is 4. The third-order valence-electron chi connectivity index (χ3n) is 3.16. The van der Waals surface area contributed by atoms with Crippen molar-refractivity contribution in [2.75, 3.05) is 6.26 Å². The van der Waals surface area contributed by atoms with Crippen molar-refractivity contribution in [1.82, 2.24) is 15.0 Å². The van der Waals surface area contributed by atoms with Crippen LogP contribution in [-0.2, 0) is 16.9 Å². The number of hydrogen-bond donors (Lipinski definition) is 1. The molecule has 0 aliphatic rings. The van der Waals surface area contributed by atoms with Gasteiger partial charge in [-0.3, -0.25) is 4.98 Å². The lowest BCUT2D eigenvalue weighted by molar-refractivity contribution is 0.599. The molecule has 0 fully saturated rings. The van der Waals surface area contributed by atoms with Crippen molar-refractivity contribution in [3.05, 3.63) is 60.3 Å². The Bertz CT molecular complexity index is 780. The summed E-state index contributed by atoms with van der Waals surface area (Å²) < 4.78 is 25.0. The predicted octanol–water partition coefficient (Wildman–Crippen LogP) is 3.58. The van der Waals surface area contributed by atoms with Crippen LogP contribution in [0.15, 0.2) is 48.8 Å². The molecule has 2 heterocycles. The molecule has 0 radical (unpaired) electrons. The average molecular weight is 352 g/mol. The Morgan fingerprint density at radius 2 is 2.00 bits per heavy atom. The normalized spacial score (nSPS) is 11.8. The molecule has 0 aliphatic carbocycles. The fraction of sp³-hybridized carbons (Fsp3) is 0.125. The van der Waals surface area contributed by atoms with Crippen LogP contribution < -0.4 is 0 Å². The van der Waals surface area contributed by atoms with Gasteiger partial charge in [-0.15, -0.1) is 12.4 Å². The Morgan fingerprint density at radius 1 is 1.22 bits per heavy atom. The van der Waals surface area contributed by atoms with E-state index in [1.165, 1.54) is 12.1 Å². The molecular formula is C16H15ClFN3OS. The summed E-state index contributed by atoms with van der Waals surface area (Å²) in [5, 5.41) is 0. The highest BCUT2D eigenvalue weighted by Gasteiger charge is 2.17. The maximum atomic E-state index is 13.4. The molecule has 0 bridgehead atoms. The summed E-state index contributed by atoms with van der Waals surface area (Å²) >= 11 is -1.01. The first kappa shape index (κ1) is 17.5. The summed E-state index contributed by atoms with van der Waals surface area (Å²) in [4.78, 5) is 11.8. The lowest BCUT2D eigenvalue weighted by Gasteiger charge is -2.04. The molecule has 0 amide bonds. The number of H-pyrrole nitrogens is 1. The van der Waals surface area contributed by atoms with E-state index in [1.807, 2.05) is 12.1 Å². The molecular weight excluding hydrogens is 337 g/mol. The second kappa shape index (κ2) is 7.59. The van der Waals surface area contributed by atoms with Gasteiger partial charge in [-0.25, -0.2) is 9.37 Å². The summed E-state index contributed by atoms with van der Waals surface area (Å²) in [5.74, 6) is 0.586. The Kier molecular flexibility index (Phi) is 5.76. The molecule has 0 saturated carbocycles. The van der Waals surface area contributed by atoms with Crippen LogP contribution in [0.5, 0.6) is 0 Å². The summed E-state index contributed by atoms with van der Waals surface area (Å²) in [7, 11) is 0. The van der Waals surface area contributed by atoms with Gasteiger partial charge in [0, 0.05) is 23.5 Å². The number of pyridine rings is 1. The first-order chi connectivity index (χ1) is 10.6. The zero-order valence-corrected chi connectivity index (χ0v) is 14.0. The molecule has 120 valence electrons. The monoisotopic (exact) mass is 351 g/mol. The molecule has 23 heavy (non-hydrogen) atoms. The summed E-state index contributed by atoms with van der Waals surface area (Å²) in [6.45, 7) is 0. The minimum atomic E-state index is -1.01. The van der Waals surface area contributed by atoms with E-state index in [2.05, 4.69) is 15.0 Å². The van der Waals surface area contributed by atoms with E-state index in [9.17, 15) is 8.94 Å².